The predicted molar refractivity (Wildman–Crippen MR) is 99.2 cm³/mol. The minimum atomic E-state index is -0.550. The molecule has 0 aliphatic carbocycles. The Balaban J connectivity index is 1.59. The van der Waals surface area contributed by atoms with Crippen LogP contribution in [0.15, 0.2) is 57.9 Å². The summed E-state index contributed by atoms with van der Waals surface area (Å²) >= 11 is 1.67. The third-order valence-corrected chi connectivity index (χ3v) is 4.93. The summed E-state index contributed by atoms with van der Waals surface area (Å²) in [6.07, 6.45) is 1.48. The highest BCUT2D eigenvalue weighted by molar-refractivity contribution is 7.98. The first-order valence-electron chi connectivity index (χ1n) is 8.20. The number of rotatable bonds is 4. The van der Waals surface area contributed by atoms with Crippen LogP contribution in [0, 0.1) is 0 Å². The number of carbonyl (C=O) groups is 1. The Morgan fingerprint density at radius 2 is 1.92 bits per heavy atom. The van der Waals surface area contributed by atoms with E-state index in [1.807, 2.05) is 54.8 Å². The molecule has 3 aromatic rings. The van der Waals surface area contributed by atoms with Crippen molar-refractivity contribution in [3.63, 3.8) is 0 Å². The first kappa shape index (κ1) is 16.7. The van der Waals surface area contributed by atoms with Gasteiger partial charge < -0.3 is 9.26 Å². The van der Waals surface area contributed by atoms with E-state index >= 15 is 0 Å². The molecule has 0 spiro atoms. The van der Waals surface area contributed by atoms with Crippen LogP contribution >= 0.6 is 11.8 Å². The van der Waals surface area contributed by atoms with E-state index in [0.717, 1.165) is 5.56 Å². The van der Waals surface area contributed by atoms with Crippen molar-refractivity contribution in [1.82, 2.24) is 10.1 Å². The smallest absolute Gasteiger partial charge is 0.268 e. The van der Waals surface area contributed by atoms with Gasteiger partial charge in [0.1, 0.15) is 12.3 Å². The number of carbonyl (C=O) groups excluding carboxylic acids is 1. The average Bonchev–Trinajstić information content (AvgIpc) is 3.14. The normalized spacial score (nSPS) is 16.3. The van der Waals surface area contributed by atoms with Crippen LogP contribution in [0.2, 0.25) is 0 Å². The highest BCUT2D eigenvalue weighted by atomic mass is 32.2. The molecular weight excluding hydrogens is 350 g/mol. The van der Waals surface area contributed by atoms with Crippen LogP contribution in [0.1, 0.15) is 12.8 Å². The van der Waals surface area contributed by atoms with E-state index in [1.165, 1.54) is 4.90 Å². The van der Waals surface area contributed by atoms with Crippen molar-refractivity contribution in [2.75, 3.05) is 11.2 Å². The van der Waals surface area contributed by atoms with Crippen LogP contribution < -0.4 is 9.64 Å². The minimum absolute atomic E-state index is 0.132. The Hall–Kier alpha value is -2.80. The summed E-state index contributed by atoms with van der Waals surface area (Å²) in [6, 6.07) is 15.4. The summed E-state index contributed by atoms with van der Waals surface area (Å²) in [5, 5.41) is 4.05. The summed E-state index contributed by atoms with van der Waals surface area (Å²) in [4.78, 5) is 19.8. The summed E-state index contributed by atoms with van der Waals surface area (Å²) in [5.74, 6) is 1.43. The van der Waals surface area contributed by atoms with Gasteiger partial charge in [-0.1, -0.05) is 17.3 Å². The lowest BCUT2D eigenvalue weighted by Crippen LogP contribution is -2.44. The van der Waals surface area contributed by atoms with Crippen molar-refractivity contribution in [2.45, 2.75) is 24.5 Å². The molecule has 6 nitrogen and oxygen atoms in total. The van der Waals surface area contributed by atoms with Crippen molar-refractivity contribution in [3.8, 4) is 17.1 Å². The summed E-state index contributed by atoms with van der Waals surface area (Å²) in [7, 11) is 0. The number of thioether (sulfide) groups is 1. The molecule has 0 radical (unpaired) electrons. The molecule has 2 heterocycles. The van der Waals surface area contributed by atoms with Gasteiger partial charge in [-0.25, -0.2) is 0 Å². The molecule has 0 saturated heterocycles. The Labute approximate surface area is 155 Å². The molecule has 0 bridgehead atoms. The Bertz CT molecular complexity index is 939. The standard InChI is InChI=1S/C19H17N3O3S/c1-12-19(23)22(15-5-3-4-6-16(15)24-12)11-17-20-18(21-25-17)13-7-9-14(26-2)10-8-13/h3-10,12H,11H2,1-2H3/t12-/m1/s1. The van der Waals surface area contributed by atoms with Crippen LogP contribution in [0.4, 0.5) is 5.69 Å². The van der Waals surface area contributed by atoms with Crippen LogP contribution in [0.5, 0.6) is 5.75 Å². The monoisotopic (exact) mass is 367 g/mol. The zero-order chi connectivity index (χ0) is 18.1. The molecule has 0 unspecified atom stereocenters. The van der Waals surface area contributed by atoms with Gasteiger partial charge in [0.25, 0.3) is 5.91 Å². The molecule has 26 heavy (non-hydrogen) atoms. The predicted octanol–water partition coefficient (Wildman–Crippen LogP) is 3.77. The average molecular weight is 367 g/mol. The number of aromatic nitrogens is 2. The third kappa shape index (κ3) is 3.06. The highest BCUT2D eigenvalue weighted by Gasteiger charge is 2.32. The molecule has 0 N–H and O–H groups in total. The topological polar surface area (TPSA) is 68.5 Å². The number of anilines is 1. The highest BCUT2D eigenvalue weighted by Crippen LogP contribution is 2.34. The summed E-state index contributed by atoms with van der Waals surface area (Å²) in [5.41, 5.74) is 1.58. The maximum absolute atomic E-state index is 12.5. The Morgan fingerprint density at radius 3 is 2.69 bits per heavy atom. The zero-order valence-electron chi connectivity index (χ0n) is 14.4. The van der Waals surface area contributed by atoms with Gasteiger partial charge >= 0.3 is 0 Å². The number of para-hydroxylation sites is 2. The van der Waals surface area contributed by atoms with Crippen molar-refractivity contribution in [1.29, 1.82) is 0 Å². The van der Waals surface area contributed by atoms with Crippen LogP contribution in [0.3, 0.4) is 0 Å². The quantitative estimate of drug-likeness (QED) is 0.654. The lowest BCUT2D eigenvalue weighted by atomic mass is 10.2. The van der Waals surface area contributed by atoms with E-state index in [0.29, 0.717) is 23.2 Å². The summed E-state index contributed by atoms with van der Waals surface area (Å²) < 4.78 is 11.0. The van der Waals surface area contributed by atoms with Gasteiger partial charge in [-0.2, -0.15) is 4.98 Å². The Kier molecular flexibility index (Phi) is 4.38. The molecule has 1 atom stereocenters. The van der Waals surface area contributed by atoms with E-state index < -0.39 is 6.10 Å². The molecular formula is C19H17N3O3S. The van der Waals surface area contributed by atoms with Crippen LogP contribution in [-0.2, 0) is 11.3 Å². The number of hydrogen-bond acceptors (Lipinski definition) is 6. The van der Waals surface area contributed by atoms with Gasteiger partial charge in [0.2, 0.25) is 11.7 Å². The van der Waals surface area contributed by atoms with Crippen LogP contribution in [0.25, 0.3) is 11.4 Å². The molecule has 0 fully saturated rings. The van der Waals surface area contributed by atoms with Gasteiger partial charge in [-0.15, -0.1) is 11.8 Å². The second kappa shape index (κ2) is 6.84. The number of amides is 1. The van der Waals surface area contributed by atoms with E-state index in [9.17, 15) is 4.79 Å². The first-order valence-corrected chi connectivity index (χ1v) is 9.42. The Morgan fingerprint density at radius 1 is 1.15 bits per heavy atom. The first-order chi connectivity index (χ1) is 12.7. The lowest BCUT2D eigenvalue weighted by Gasteiger charge is -2.31. The molecule has 4 rings (SSSR count). The number of hydrogen-bond donors (Lipinski definition) is 0. The molecule has 0 saturated carbocycles. The largest absolute Gasteiger partial charge is 0.479 e. The fraction of sp³-hybridized carbons (Fsp3) is 0.211. The maximum atomic E-state index is 12.5. The maximum Gasteiger partial charge on any atom is 0.268 e. The van der Waals surface area contributed by atoms with E-state index in [1.54, 1.807) is 23.6 Å². The van der Waals surface area contributed by atoms with E-state index in [2.05, 4.69) is 10.1 Å². The van der Waals surface area contributed by atoms with E-state index in [-0.39, 0.29) is 12.5 Å². The number of fused-ring (bicyclic) bond motifs is 1. The van der Waals surface area contributed by atoms with Gasteiger partial charge in [-0.05, 0) is 49.6 Å². The number of benzene rings is 2. The van der Waals surface area contributed by atoms with Crippen molar-refractivity contribution >= 4 is 23.4 Å². The van der Waals surface area contributed by atoms with Crippen molar-refractivity contribution < 1.29 is 14.1 Å². The fourth-order valence-electron chi connectivity index (χ4n) is 2.83. The molecule has 132 valence electrons. The SMILES string of the molecule is CSc1ccc(-c2noc(CN3C(=O)[C@@H](C)Oc4ccccc43)n2)cc1. The van der Waals surface area contributed by atoms with Crippen molar-refractivity contribution in [2.24, 2.45) is 0 Å². The second-order valence-electron chi connectivity index (χ2n) is 5.89. The van der Waals surface area contributed by atoms with Gasteiger partial charge in [0, 0.05) is 10.5 Å². The summed E-state index contributed by atoms with van der Waals surface area (Å²) in [6.45, 7) is 1.94. The van der Waals surface area contributed by atoms with Gasteiger partial charge in [-0.3, -0.25) is 9.69 Å². The molecule has 1 aliphatic rings. The number of nitrogens with zero attached hydrogens (tertiary/aromatic N) is 3. The van der Waals surface area contributed by atoms with E-state index in [4.69, 9.17) is 9.26 Å². The third-order valence-electron chi connectivity index (χ3n) is 4.18. The van der Waals surface area contributed by atoms with Crippen LogP contribution in [-0.4, -0.2) is 28.4 Å². The lowest BCUT2D eigenvalue weighted by molar-refractivity contribution is -0.125. The minimum Gasteiger partial charge on any atom is -0.479 e. The van der Waals surface area contributed by atoms with Gasteiger partial charge in [0.15, 0.2) is 6.10 Å². The zero-order valence-corrected chi connectivity index (χ0v) is 15.2. The second-order valence-corrected chi connectivity index (χ2v) is 6.77. The van der Waals surface area contributed by atoms with Gasteiger partial charge in [0.05, 0.1) is 5.69 Å². The number of ether oxygens (including phenoxy) is 1. The molecule has 1 aromatic heterocycles. The van der Waals surface area contributed by atoms with Crippen molar-refractivity contribution in [3.05, 3.63) is 54.4 Å². The molecule has 2 aromatic carbocycles. The molecule has 1 amide bonds. The molecule has 1 aliphatic heterocycles. The fourth-order valence-corrected chi connectivity index (χ4v) is 3.24. The molecule has 7 heteroatoms.